The molecule has 0 saturated heterocycles. The van der Waals surface area contributed by atoms with Crippen molar-refractivity contribution in [3.05, 3.63) is 22.4 Å². The van der Waals surface area contributed by atoms with Crippen molar-refractivity contribution in [1.29, 1.82) is 0 Å². The summed E-state index contributed by atoms with van der Waals surface area (Å²) in [6.07, 6.45) is 13.0. The van der Waals surface area contributed by atoms with E-state index in [-0.39, 0.29) is 0 Å². The summed E-state index contributed by atoms with van der Waals surface area (Å²) < 4.78 is 0. The van der Waals surface area contributed by atoms with Crippen molar-refractivity contribution in [2.75, 3.05) is 0 Å². The molecule has 106 valence electrons. The van der Waals surface area contributed by atoms with Crippen LogP contribution in [0.15, 0.2) is 16.8 Å². The van der Waals surface area contributed by atoms with Crippen molar-refractivity contribution in [2.45, 2.75) is 76.8 Å². The van der Waals surface area contributed by atoms with Crippen molar-refractivity contribution in [2.24, 2.45) is 5.41 Å². The van der Waals surface area contributed by atoms with Crippen LogP contribution < -0.4 is 5.32 Å². The zero-order valence-corrected chi connectivity index (χ0v) is 13.0. The summed E-state index contributed by atoms with van der Waals surface area (Å²) in [5, 5.41) is 8.34. The Morgan fingerprint density at radius 2 is 2.00 bits per heavy atom. The van der Waals surface area contributed by atoms with Gasteiger partial charge in [0.05, 0.1) is 0 Å². The summed E-state index contributed by atoms with van der Waals surface area (Å²) in [5.41, 5.74) is 2.27. The number of nitrogens with one attached hydrogen (secondary N) is 1. The van der Waals surface area contributed by atoms with Crippen LogP contribution in [0, 0.1) is 5.41 Å². The molecule has 0 aliphatic heterocycles. The summed E-state index contributed by atoms with van der Waals surface area (Å²) in [4.78, 5) is 0. The second-order valence-electron chi connectivity index (χ2n) is 6.88. The molecular formula is C17H27NS. The SMILES string of the molecule is CC(Cc1ccsc1)NC1CCC2(CCCC2)CC1. The van der Waals surface area contributed by atoms with Crippen LogP contribution in [-0.2, 0) is 6.42 Å². The fourth-order valence-electron chi connectivity index (χ4n) is 4.25. The van der Waals surface area contributed by atoms with Crippen molar-refractivity contribution in [3.8, 4) is 0 Å². The smallest absolute Gasteiger partial charge is 0.00820 e. The quantitative estimate of drug-likeness (QED) is 0.836. The van der Waals surface area contributed by atoms with Gasteiger partial charge in [-0.1, -0.05) is 12.8 Å². The lowest BCUT2D eigenvalue weighted by Crippen LogP contribution is -2.41. The van der Waals surface area contributed by atoms with E-state index in [1.807, 2.05) is 11.3 Å². The van der Waals surface area contributed by atoms with E-state index in [1.165, 1.54) is 63.4 Å². The fourth-order valence-corrected chi connectivity index (χ4v) is 4.93. The summed E-state index contributed by atoms with van der Waals surface area (Å²) in [7, 11) is 0. The van der Waals surface area contributed by atoms with Crippen LogP contribution in [0.1, 0.15) is 63.9 Å². The molecule has 0 amide bonds. The third-order valence-electron chi connectivity index (χ3n) is 5.35. The predicted octanol–water partition coefficient (Wildman–Crippen LogP) is 4.77. The normalized spacial score (nSPS) is 24.9. The Kier molecular flexibility index (Phi) is 4.28. The van der Waals surface area contributed by atoms with Gasteiger partial charge in [0.2, 0.25) is 0 Å². The van der Waals surface area contributed by atoms with Gasteiger partial charge in [-0.3, -0.25) is 0 Å². The van der Waals surface area contributed by atoms with Gasteiger partial charge in [-0.25, -0.2) is 0 Å². The first-order valence-corrected chi connectivity index (χ1v) is 8.97. The van der Waals surface area contributed by atoms with Gasteiger partial charge in [0, 0.05) is 12.1 Å². The topological polar surface area (TPSA) is 12.0 Å². The van der Waals surface area contributed by atoms with E-state index in [4.69, 9.17) is 0 Å². The fraction of sp³-hybridized carbons (Fsp3) is 0.765. The lowest BCUT2D eigenvalue weighted by atomic mass is 9.71. The summed E-state index contributed by atoms with van der Waals surface area (Å²) in [6.45, 7) is 2.34. The zero-order chi connectivity index (χ0) is 13.1. The minimum absolute atomic E-state index is 0.622. The van der Waals surface area contributed by atoms with Gasteiger partial charge in [-0.15, -0.1) is 0 Å². The van der Waals surface area contributed by atoms with Crippen molar-refractivity contribution >= 4 is 11.3 Å². The molecule has 1 nitrogen and oxygen atoms in total. The first-order chi connectivity index (χ1) is 9.26. The molecule has 1 heterocycles. The second kappa shape index (κ2) is 5.97. The number of hydrogen-bond acceptors (Lipinski definition) is 2. The summed E-state index contributed by atoms with van der Waals surface area (Å²) in [5.74, 6) is 0. The molecule has 2 saturated carbocycles. The van der Waals surface area contributed by atoms with E-state index >= 15 is 0 Å². The monoisotopic (exact) mass is 277 g/mol. The minimum atomic E-state index is 0.622. The van der Waals surface area contributed by atoms with Crippen LogP contribution in [0.3, 0.4) is 0 Å². The molecule has 2 fully saturated rings. The Morgan fingerprint density at radius 1 is 1.26 bits per heavy atom. The first-order valence-electron chi connectivity index (χ1n) is 8.03. The van der Waals surface area contributed by atoms with Crippen LogP contribution in [0.25, 0.3) is 0 Å². The second-order valence-corrected chi connectivity index (χ2v) is 7.66. The minimum Gasteiger partial charge on any atom is -0.311 e. The molecular weight excluding hydrogens is 250 g/mol. The van der Waals surface area contributed by atoms with E-state index in [1.54, 1.807) is 0 Å². The number of rotatable bonds is 4. The molecule has 0 radical (unpaired) electrons. The number of hydrogen-bond donors (Lipinski definition) is 1. The number of thiophene rings is 1. The third kappa shape index (κ3) is 3.41. The lowest BCUT2D eigenvalue weighted by Gasteiger charge is -2.38. The summed E-state index contributed by atoms with van der Waals surface area (Å²) in [6, 6.07) is 3.66. The van der Waals surface area contributed by atoms with Crippen LogP contribution in [0.5, 0.6) is 0 Å². The van der Waals surface area contributed by atoms with Crippen molar-refractivity contribution < 1.29 is 0 Å². The highest BCUT2D eigenvalue weighted by molar-refractivity contribution is 7.07. The molecule has 19 heavy (non-hydrogen) atoms. The zero-order valence-electron chi connectivity index (χ0n) is 12.2. The molecule has 1 N–H and O–H groups in total. The van der Waals surface area contributed by atoms with E-state index < -0.39 is 0 Å². The molecule has 1 unspecified atom stereocenters. The van der Waals surface area contributed by atoms with Crippen LogP contribution in [0.2, 0.25) is 0 Å². The Balaban J connectivity index is 1.44. The average Bonchev–Trinajstić information content (AvgIpc) is 3.05. The highest BCUT2D eigenvalue weighted by atomic mass is 32.1. The largest absolute Gasteiger partial charge is 0.311 e. The third-order valence-corrected chi connectivity index (χ3v) is 6.08. The highest BCUT2D eigenvalue weighted by Gasteiger charge is 2.37. The van der Waals surface area contributed by atoms with Gasteiger partial charge in [0.25, 0.3) is 0 Å². The van der Waals surface area contributed by atoms with Crippen molar-refractivity contribution in [1.82, 2.24) is 5.32 Å². The van der Waals surface area contributed by atoms with Crippen LogP contribution >= 0.6 is 11.3 Å². The standard InChI is InChI=1S/C17H27NS/c1-14(12-15-6-11-19-13-15)18-16-4-9-17(10-5-16)7-2-3-8-17/h6,11,13-14,16,18H,2-5,7-10,12H2,1H3. The summed E-state index contributed by atoms with van der Waals surface area (Å²) >= 11 is 1.81. The molecule has 0 aromatic carbocycles. The first kappa shape index (κ1) is 13.6. The average molecular weight is 277 g/mol. The van der Waals surface area contributed by atoms with E-state index in [0.29, 0.717) is 6.04 Å². The van der Waals surface area contributed by atoms with Crippen molar-refractivity contribution in [3.63, 3.8) is 0 Å². The molecule has 3 rings (SSSR count). The van der Waals surface area contributed by atoms with E-state index in [0.717, 1.165) is 11.5 Å². The maximum absolute atomic E-state index is 3.87. The molecule has 1 atom stereocenters. The van der Waals surface area contributed by atoms with E-state index in [9.17, 15) is 0 Å². The van der Waals surface area contributed by atoms with Gasteiger partial charge >= 0.3 is 0 Å². The van der Waals surface area contributed by atoms with Gasteiger partial charge in [0.1, 0.15) is 0 Å². The van der Waals surface area contributed by atoms with Gasteiger partial charge < -0.3 is 5.32 Å². The Morgan fingerprint density at radius 3 is 2.63 bits per heavy atom. The maximum Gasteiger partial charge on any atom is 0.00820 e. The maximum atomic E-state index is 3.87. The highest BCUT2D eigenvalue weighted by Crippen LogP contribution is 2.48. The molecule has 0 bridgehead atoms. The Bertz CT molecular complexity index is 368. The molecule has 1 spiro atoms. The Hall–Kier alpha value is -0.340. The Labute approximate surface area is 121 Å². The van der Waals surface area contributed by atoms with Crippen LogP contribution in [-0.4, -0.2) is 12.1 Å². The lowest BCUT2D eigenvalue weighted by molar-refractivity contribution is 0.163. The van der Waals surface area contributed by atoms with Gasteiger partial charge in [0.15, 0.2) is 0 Å². The molecule has 2 heteroatoms. The molecule has 2 aliphatic rings. The predicted molar refractivity (Wildman–Crippen MR) is 83.8 cm³/mol. The molecule has 1 aromatic rings. The van der Waals surface area contributed by atoms with Gasteiger partial charge in [-0.2, -0.15) is 11.3 Å². The van der Waals surface area contributed by atoms with Crippen LogP contribution in [0.4, 0.5) is 0 Å². The van der Waals surface area contributed by atoms with Gasteiger partial charge in [-0.05, 0) is 79.7 Å². The van der Waals surface area contributed by atoms with E-state index in [2.05, 4.69) is 29.1 Å². The molecule has 2 aliphatic carbocycles. The molecule has 1 aromatic heterocycles.